The number of hydrogen-bond donors (Lipinski definition) is 2. The number of pyridine rings is 1. The summed E-state index contributed by atoms with van der Waals surface area (Å²) in [5.74, 6) is 0.915. The molecule has 226 valence electrons. The molecule has 0 aliphatic carbocycles. The first-order valence-electron chi connectivity index (χ1n) is 15.3. The molecule has 8 heteroatoms. The smallest absolute Gasteiger partial charge is 0.220 e. The summed E-state index contributed by atoms with van der Waals surface area (Å²) in [4.78, 5) is 17.2. The van der Waals surface area contributed by atoms with Crippen molar-refractivity contribution in [2.45, 2.75) is 137 Å². The van der Waals surface area contributed by atoms with Crippen molar-refractivity contribution in [3.8, 4) is 5.75 Å². The fourth-order valence-electron chi connectivity index (χ4n) is 5.22. The average Bonchev–Trinajstić information content (AvgIpc) is 2.87. The van der Waals surface area contributed by atoms with Crippen molar-refractivity contribution < 1.29 is 36.3 Å². The molecule has 0 fully saturated rings. The number of ether oxygens (including phenoxy) is 2. The molecule has 0 saturated carbocycles. The molecule has 1 aromatic heterocycles. The number of nitrogens with one attached hydrogen (secondary N) is 1. The summed E-state index contributed by atoms with van der Waals surface area (Å²) in [6.45, 7) is 8.77. The van der Waals surface area contributed by atoms with Gasteiger partial charge in [-0.05, 0) is 13.3 Å². The second-order valence-electron chi connectivity index (χ2n) is 11.7. The van der Waals surface area contributed by atoms with Crippen LogP contribution in [0.4, 0.5) is 0 Å². The number of unbranched alkanes of at least 4 members (excludes halogenated alkanes) is 10. The highest BCUT2D eigenvalue weighted by atomic mass is 35.5. The van der Waals surface area contributed by atoms with Crippen molar-refractivity contribution in [1.29, 1.82) is 0 Å². The molecule has 0 spiro atoms. The molecule has 2 N–H and O–H groups in total. The van der Waals surface area contributed by atoms with Gasteiger partial charge in [-0.25, -0.2) is 4.98 Å². The molecule has 0 aromatic carbocycles. The van der Waals surface area contributed by atoms with E-state index in [-0.39, 0.29) is 31.2 Å². The van der Waals surface area contributed by atoms with E-state index in [0.717, 1.165) is 60.5 Å². The zero-order chi connectivity index (χ0) is 27.8. The number of aliphatic hydroxyl groups is 1. The zero-order valence-corrected chi connectivity index (χ0v) is 26.2. The highest BCUT2D eigenvalue weighted by Crippen LogP contribution is 2.34. The topological polar surface area (TPSA) is 80.7 Å². The standard InChI is InChI=1S/C31H55N3O4.ClH/c1-6-8-9-10-11-12-13-14-15-16-17-19-29(36)32-20-21-34(4,5)22-28-26(23-35)27-24-37-30(18-7-2)38-31(27)25(3)33-28;/h30,35H,6-24H2,1-5H3;1H. The van der Waals surface area contributed by atoms with E-state index in [1.165, 1.54) is 57.8 Å². The van der Waals surface area contributed by atoms with E-state index in [0.29, 0.717) is 30.6 Å². The quantitative estimate of drug-likeness (QED) is 0.186. The second kappa shape index (κ2) is 19.6. The molecule has 2 rings (SSSR count). The molecule has 1 amide bonds. The Bertz CT molecular complexity index is 835. The maximum atomic E-state index is 12.3. The Balaban J connectivity index is 0.00000760. The number of carbonyl (C=O) groups excluding carboxylic acids is 1. The number of quaternary nitrogens is 1. The third kappa shape index (κ3) is 13.2. The lowest BCUT2D eigenvalue weighted by Crippen LogP contribution is -3.00. The van der Waals surface area contributed by atoms with Gasteiger partial charge in [0, 0.05) is 24.0 Å². The number of aliphatic hydroxyl groups excluding tert-OH is 1. The number of aryl methyl sites for hydroxylation is 1. The van der Waals surface area contributed by atoms with Crippen molar-refractivity contribution in [2.75, 3.05) is 27.2 Å². The number of fused-ring (bicyclic) bond motifs is 1. The lowest BCUT2D eigenvalue weighted by atomic mass is 10.0. The van der Waals surface area contributed by atoms with Crippen LogP contribution in [-0.4, -0.2) is 54.0 Å². The zero-order valence-electron chi connectivity index (χ0n) is 25.5. The van der Waals surface area contributed by atoms with Gasteiger partial charge in [0.1, 0.15) is 18.0 Å². The summed E-state index contributed by atoms with van der Waals surface area (Å²) >= 11 is 0. The molecule has 0 radical (unpaired) electrons. The van der Waals surface area contributed by atoms with E-state index in [1.54, 1.807) is 0 Å². The van der Waals surface area contributed by atoms with Crippen LogP contribution in [0.3, 0.4) is 0 Å². The molecule has 0 saturated heterocycles. The number of halogens is 1. The predicted molar refractivity (Wildman–Crippen MR) is 154 cm³/mol. The minimum absolute atomic E-state index is 0. The van der Waals surface area contributed by atoms with Crippen LogP contribution in [0.5, 0.6) is 5.75 Å². The molecule has 0 bridgehead atoms. The van der Waals surface area contributed by atoms with Crippen LogP contribution in [0.15, 0.2) is 0 Å². The first-order chi connectivity index (χ1) is 18.3. The SMILES string of the molecule is CCCCCCCCCCCCCC(=O)NCC[N+](C)(C)Cc1nc(C)c2c(c1CO)COC(CCC)O2.[Cl-]. The Hall–Kier alpha value is -1.41. The third-order valence-electron chi connectivity index (χ3n) is 7.59. The molecule has 1 aliphatic rings. The van der Waals surface area contributed by atoms with Gasteiger partial charge >= 0.3 is 0 Å². The number of amides is 1. The first kappa shape index (κ1) is 35.6. The van der Waals surface area contributed by atoms with Crippen LogP contribution in [-0.2, 0) is 29.3 Å². The van der Waals surface area contributed by atoms with Gasteiger partial charge in [0.05, 0.1) is 46.1 Å². The van der Waals surface area contributed by atoms with E-state index in [9.17, 15) is 9.90 Å². The molecule has 1 aromatic rings. The van der Waals surface area contributed by atoms with Gasteiger partial charge in [-0.3, -0.25) is 4.79 Å². The van der Waals surface area contributed by atoms with E-state index in [4.69, 9.17) is 14.5 Å². The number of carbonyl (C=O) groups is 1. The minimum Gasteiger partial charge on any atom is -1.00 e. The normalized spacial score (nSPS) is 14.9. The van der Waals surface area contributed by atoms with Crippen molar-refractivity contribution in [3.63, 3.8) is 0 Å². The minimum atomic E-state index is -0.244. The molecular formula is C31H56ClN3O4. The summed E-state index contributed by atoms with van der Waals surface area (Å²) in [5.41, 5.74) is 3.45. The van der Waals surface area contributed by atoms with Gasteiger partial charge in [0.25, 0.3) is 0 Å². The van der Waals surface area contributed by atoms with Crippen molar-refractivity contribution >= 4 is 5.91 Å². The summed E-state index contributed by atoms with van der Waals surface area (Å²) in [6, 6.07) is 0. The highest BCUT2D eigenvalue weighted by molar-refractivity contribution is 5.75. The molecule has 2 heterocycles. The van der Waals surface area contributed by atoms with Gasteiger partial charge in [-0.1, -0.05) is 84.5 Å². The van der Waals surface area contributed by atoms with E-state index in [2.05, 4.69) is 33.3 Å². The van der Waals surface area contributed by atoms with Crippen molar-refractivity contribution in [2.24, 2.45) is 0 Å². The van der Waals surface area contributed by atoms with Gasteiger partial charge in [0.15, 0.2) is 6.29 Å². The Labute approximate surface area is 244 Å². The summed E-state index contributed by atoms with van der Waals surface area (Å²) in [7, 11) is 4.27. The number of likely N-dealkylation sites (N-methyl/N-ethyl adjacent to an activating group) is 1. The van der Waals surface area contributed by atoms with Gasteiger partial charge < -0.3 is 36.8 Å². The molecule has 39 heavy (non-hydrogen) atoms. The van der Waals surface area contributed by atoms with Crippen LogP contribution >= 0.6 is 0 Å². The Morgan fingerprint density at radius 2 is 1.62 bits per heavy atom. The molecule has 1 aliphatic heterocycles. The van der Waals surface area contributed by atoms with Gasteiger partial charge in [-0.15, -0.1) is 0 Å². The maximum absolute atomic E-state index is 12.3. The Morgan fingerprint density at radius 1 is 1.00 bits per heavy atom. The number of aromatic nitrogens is 1. The Morgan fingerprint density at radius 3 is 2.21 bits per heavy atom. The fraction of sp³-hybridized carbons (Fsp3) is 0.806. The lowest BCUT2D eigenvalue weighted by molar-refractivity contribution is -0.902. The van der Waals surface area contributed by atoms with Crippen molar-refractivity contribution in [3.05, 3.63) is 22.5 Å². The Kier molecular flexibility index (Phi) is 17.9. The number of hydrogen-bond acceptors (Lipinski definition) is 5. The highest BCUT2D eigenvalue weighted by Gasteiger charge is 2.29. The fourth-order valence-corrected chi connectivity index (χ4v) is 5.22. The lowest BCUT2D eigenvalue weighted by Gasteiger charge is -2.33. The maximum Gasteiger partial charge on any atom is 0.220 e. The van der Waals surface area contributed by atoms with Crippen LogP contribution < -0.4 is 22.5 Å². The molecule has 1 atom stereocenters. The largest absolute Gasteiger partial charge is 1.00 e. The number of nitrogens with zero attached hydrogens (tertiary/aromatic N) is 2. The number of rotatable bonds is 20. The van der Waals surface area contributed by atoms with Gasteiger partial charge in [-0.2, -0.15) is 0 Å². The van der Waals surface area contributed by atoms with Gasteiger partial charge in [0.2, 0.25) is 5.91 Å². The van der Waals surface area contributed by atoms with E-state index >= 15 is 0 Å². The average molecular weight is 570 g/mol. The molecule has 7 nitrogen and oxygen atoms in total. The van der Waals surface area contributed by atoms with Crippen LogP contribution in [0, 0.1) is 6.92 Å². The van der Waals surface area contributed by atoms with Crippen LogP contribution in [0.25, 0.3) is 0 Å². The molecular weight excluding hydrogens is 514 g/mol. The van der Waals surface area contributed by atoms with E-state index in [1.807, 2.05) is 6.92 Å². The second-order valence-corrected chi connectivity index (χ2v) is 11.7. The van der Waals surface area contributed by atoms with Crippen LogP contribution in [0.2, 0.25) is 0 Å². The van der Waals surface area contributed by atoms with Crippen molar-refractivity contribution in [1.82, 2.24) is 10.3 Å². The summed E-state index contributed by atoms with van der Waals surface area (Å²) < 4.78 is 12.6. The first-order valence-corrected chi connectivity index (χ1v) is 15.3. The monoisotopic (exact) mass is 569 g/mol. The molecule has 1 unspecified atom stereocenters. The van der Waals surface area contributed by atoms with Crippen LogP contribution in [0.1, 0.15) is 126 Å². The summed E-state index contributed by atoms with van der Waals surface area (Å²) in [6.07, 6.45) is 16.4. The van der Waals surface area contributed by atoms with E-state index < -0.39 is 0 Å². The predicted octanol–water partition coefficient (Wildman–Crippen LogP) is 3.32. The third-order valence-corrected chi connectivity index (χ3v) is 7.59. The summed E-state index contributed by atoms with van der Waals surface area (Å²) in [5, 5.41) is 13.3.